The van der Waals surface area contributed by atoms with Crippen LogP contribution in [0, 0.1) is 0 Å². The van der Waals surface area contributed by atoms with Gasteiger partial charge in [-0.2, -0.15) is 0 Å². The molecule has 268 valence electrons. The number of phosphoric ester groups is 1. The molecule has 0 radical (unpaired) electrons. The number of quaternary nitrogens is 1. The number of carbonyl (C=O) groups is 2. The van der Waals surface area contributed by atoms with E-state index < -0.39 is 32.5 Å². The molecule has 10 heteroatoms. The van der Waals surface area contributed by atoms with Crippen LogP contribution in [0.3, 0.4) is 0 Å². The second-order valence-corrected chi connectivity index (χ2v) is 14.4. The number of phosphoric acid groups is 1. The average molecular weight is 673 g/mol. The summed E-state index contributed by atoms with van der Waals surface area (Å²) in [5.41, 5.74) is 0. The molecular weight excluding hydrogens is 605 g/mol. The van der Waals surface area contributed by atoms with Crippen LogP contribution in [-0.2, 0) is 32.7 Å². The molecule has 0 rings (SSSR count). The highest BCUT2D eigenvalue weighted by molar-refractivity contribution is 7.47. The largest absolute Gasteiger partial charge is 0.472 e. The zero-order chi connectivity index (χ0) is 34.4. The lowest BCUT2D eigenvalue weighted by Crippen LogP contribution is -2.37. The summed E-state index contributed by atoms with van der Waals surface area (Å²) in [6.45, 7) is 4.26. The highest BCUT2D eigenvalue weighted by Crippen LogP contribution is 2.43. The van der Waals surface area contributed by atoms with Gasteiger partial charge in [0.1, 0.15) is 19.8 Å². The van der Waals surface area contributed by atoms with E-state index in [2.05, 4.69) is 50.3 Å². The van der Waals surface area contributed by atoms with Crippen LogP contribution in [0.4, 0.5) is 0 Å². The minimum Gasteiger partial charge on any atom is -0.462 e. The maximum absolute atomic E-state index is 12.5. The molecular formula is C36H67NO8P+. The fourth-order valence-corrected chi connectivity index (χ4v) is 5.05. The van der Waals surface area contributed by atoms with Crippen molar-refractivity contribution >= 4 is 19.8 Å². The number of carbonyl (C=O) groups excluding carboxylic acids is 2. The van der Waals surface area contributed by atoms with Gasteiger partial charge in [-0.15, -0.1) is 0 Å². The number of rotatable bonds is 31. The quantitative estimate of drug-likeness (QED) is 0.0256. The first-order valence-electron chi connectivity index (χ1n) is 17.7. The Labute approximate surface area is 281 Å². The molecule has 46 heavy (non-hydrogen) atoms. The van der Waals surface area contributed by atoms with Gasteiger partial charge in [0.2, 0.25) is 0 Å². The number of esters is 2. The molecule has 0 aromatic carbocycles. The molecule has 1 unspecified atom stereocenters. The van der Waals surface area contributed by atoms with Crippen molar-refractivity contribution in [2.75, 3.05) is 47.5 Å². The van der Waals surface area contributed by atoms with Crippen molar-refractivity contribution in [3.05, 3.63) is 36.5 Å². The molecule has 0 heterocycles. The van der Waals surface area contributed by atoms with Crippen molar-refractivity contribution in [2.24, 2.45) is 0 Å². The van der Waals surface area contributed by atoms with Crippen LogP contribution in [0.25, 0.3) is 0 Å². The number of nitrogens with zero attached hydrogens (tertiary/aromatic N) is 1. The van der Waals surface area contributed by atoms with Gasteiger partial charge in [0.15, 0.2) is 6.10 Å². The molecule has 0 bridgehead atoms. The molecule has 0 aromatic heterocycles. The summed E-state index contributed by atoms with van der Waals surface area (Å²) in [7, 11) is 1.45. The van der Waals surface area contributed by atoms with Crippen molar-refractivity contribution in [1.82, 2.24) is 0 Å². The Morgan fingerprint density at radius 3 is 1.78 bits per heavy atom. The smallest absolute Gasteiger partial charge is 0.462 e. The van der Waals surface area contributed by atoms with Gasteiger partial charge in [0.05, 0.1) is 27.7 Å². The molecule has 2 atom stereocenters. The number of hydrogen-bond donors (Lipinski definition) is 1. The van der Waals surface area contributed by atoms with Gasteiger partial charge in [-0.1, -0.05) is 102 Å². The summed E-state index contributed by atoms with van der Waals surface area (Å²) in [5, 5.41) is 0. The van der Waals surface area contributed by atoms with E-state index in [-0.39, 0.29) is 26.1 Å². The highest BCUT2D eigenvalue weighted by Gasteiger charge is 2.27. The molecule has 1 N–H and O–H groups in total. The first-order chi connectivity index (χ1) is 22.0. The molecule has 0 aliphatic carbocycles. The number of hydrogen-bond acceptors (Lipinski definition) is 7. The second kappa shape index (κ2) is 29.4. The molecule has 0 aliphatic heterocycles. The molecule has 0 saturated carbocycles. The van der Waals surface area contributed by atoms with Gasteiger partial charge in [-0.25, -0.2) is 4.57 Å². The van der Waals surface area contributed by atoms with Crippen molar-refractivity contribution in [2.45, 2.75) is 136 Å². The maximum atomic E-state index is 12.5. The second-order valence-electron chi connectivity index (χ2n) is 12.9. The van der Waals surface area contributed by atoms with Crippen LogP contribution >= 0.6 is 7.82 Å². The van der Waals surface area contributed by atoms with Gasteiger partial charge in [0, 0.05) is 12.8 Å². The van der Waals surface area contributed by atoms with E-state index in [4.69, 9.17) is 18.5 Å². The molecule has 0 fully saturated rings. The monoisotopic (exact) mass is 672 g/mol. The lowest BCUT2D eigenvalue weighted by Gasteiger charge is -2.24. The Kier molecular flexibility index (Phi) is 28.2. The lowest BCUT2D eigenvalue weighted by molar-refractivity contribution is -0.870. The lowest BCUT2D eigenvalue weighted by atomic mass is 10.1. The van der Waals surface area contributed by atoms with E-state index in [0.29, 0.717) is 23.9 Å². The number of ether oxygens (including phenoxy) is 2. The first-order valence-corrected chi connectivity index (χ1v) is 19.2. The van der Waals surface area contributed by atoms with Crippen molar-refractivity contribution in [3.63, 3.8) is 0 Å². The third-order valence-corrected chi connectivity index (χ3v) is 8.16. The third kappa shape index (κ3) is 32.2. The summed E-state index contributed by atoms with van der Waals surface area (Å²) in [6.07, 6.45) is 29.3. The van der Waals surface area contributed by atoms with Crippen molar-refractivity contribution in [3.8, 4) is 0 Å². The van der Waals surface area contributed by atoms with Gasteiger partial charge in [-0.05, 0) is 51.4 Å². The average Bonchev–Trinajstić information content (AvgIpc) is 2.99. The fourth-order valence-electron chi connectivity index (χ4n) is 4.31. The van der Waals surface area contributed by atoms with Gasteiger partial charge in [0.25, 0.3) is 0 Å². The van der Waals surface area contributed by atoms with Crippen LogP contribution in [0.2, 0.25) is 0 Å². The molecule has 9 nitrogen and oxygen atoms in total. The molecule has 0 aliphatic rings. The van der Waals surface area contributed by atoms with Crippen LogP contribution in [0.15, 0.2) is 36.5 Å². The Hall–Kier alpha value is -1.77. The van der Waals surface area contributed by atoms with Crippen LogP contribution < -0.4 is 0 Å². The Balaban J connectivity index is 4.49. The maximum Gasteiger partial charge on any atom is 0.472 e. The normalized spacial score (nSPS) is 14.3. The zero-order valence-corrected chi connectivity index (χ0v) is 30.7. The van der Waals surface area contributed by atoms with Gasteiger partial charge < -0.3 is 18.9 Å². The zero-order valence-electron chi connectivity index (χ0n) is 29.8. The molecule has 0 amide bonds. The molecule has 0 spiro atoms. The number of allylic oxidation sites excluding steroid dienone is 6. The van der Waals surface area contributed by atoms with Crippen LogP contribution in [-0.4, -0.2) is 74.9 Å². The summed E-state index contributed by atoms with van der Waals surface area (Å²) in [4.78, 5) is 34.9. The predicted molar refractivity (Wildman–Crippen MR) is 187 cm³/mol. The minimum atomic E-state index is -4.36. The van der Waals surface area contributed by atoms with Crippen LogP contribution in [0.5, 0.6) is 0 Å². The summed E-state index contributed by atoms with van der Waals surface area (Å²) >= 11 is 0. The Morgan fingerprint density at radius 1 is 0.674 bits per heavy atom. The van der Waals surface area contributed by atoms with E-state index in [9.17, 15) is 19.0 Å². The Bertz CT molecular complexity index is 897. The number of likely N-dealkylation sites (N-methyl/N-ethyl adjacent to an activating group) is 1. The minimum absolute atomic E-state index is 0.0255. The summed E-state index contributed by atoms with van der Waals surface area (Å²) in [5.74, 6) is -0.855. The SMILES string of the molecule is CCCCC/C=C/C/C=C/C/C=C/CCCCC(=O)OC[C@@H](COP(=O)(O)OCC[N+](C)(C)C)OC(=O)CCCCCCCCC. The summed E-state index contributed by atoms with van der Waals surface area (Å²) < 4.78 is 33.9. The van der Waals surface area contributed by atoms with E-state index >= 15 is 0 Å². The van der Waals surface area contributed by atoms with E-state index in [1.54, 1.807) is 0 Å². The molecule has 0 saturated heterocycles. The highest BCUT2D eigenvalue weighted by atomic mass is 31.2. The van der Waals surface area contributed by atoms with Crippen LogP contribution in [0.1, 0.15) is 129 Å². The standard InChI is InChI=1S/C36H66NO8P/c1-6-8-10-12-14-15-16-17-18-19-20-21-23-24-26-28-35(38)42-32-34(33-44-46(40,41)43-31-30-37(3,4)5)45-36(39)29-27-25-22-13-11-9-7-2/h14-15,17-18,20-21,34H,6-13,16,19,22-33H2,1-5H3/p+1/b15-14+,18-17+,21-20+/t34-/m0/s1. The molecule has 0 aromatic rings. The number of unbranched alkanes of at least 4 members (excludes halogenated alkanes) is 11. The fraction of sp³-hybridized carbons (Fsp3) is 0.778. The third-order valence-electron chi connectivity index (χ3n) is 7.17. The van der Waals surface area contributed by atoms with E-state index in [1.165, 1.54) is 38.5 Å². The topological polar surface area (TPSA) is 108 Å². The Morgan fingerprint density at radius 2 is 1.17 bits per heavy atom. The van der Waals surface area contributed by atoms with Gasteiger partial charge >= 0.3 is 19.8 Å². The van der Waals surface area contributed by atoms with Gasteiger partial charge in [-0.3, -0.25) is 18.6 Å². The predicted octanol–water partition coefficient (Wildman–Crippen LogP) is 9.01. The van der Waals surface area contributed by atoms with E-state index in [1.807, 2.05) is 21.1 Å². The summed E-state index contributed by atoms with van der Waals surface area (Å²) in [6, 6.07) is 0. The van der Waals surface area contributed by atoms with Crippen molar-refractivity contribution in [1.29, 1.82) is 0 Å². The van der Waals surface area contributed by atoms with E-state index in [0.717, 1.165) is 51.4 Å². The van der Waals surface area contributed by atoms with Crippen molar-refractivity contribution < 1.29 is 42.1 Å². The first kappa shape index (κ1) is 44.2.